The second-order valence-electron chi connectivity index (χ2n) is 6.81. The van der Waals surface area contributed by atoms with Crippen LogP contribution in [0.1, 0.15) is 27.0 Å². The Kier molecular flexibility index (Phi) is 5.96. The van der Waals surface area contributed by atoms with Gasteiger partial charge in [-0.15, -0.1) is 0 Å². The second kappa shape index (κ2) is 8.27. The van der Waals surface area contributed by atoms with Gasteiger partial charge < -0.3 is 5.32 Å². The van der Waals surface area contributed by atoms with Crippen molar-refractivity contribution < 1.29 is 13.2 Å². The van der Waals surface area contributed by atoms with Crippen LogP contribution in [0.3, 0.4) is 0 Å². The summed E-state index contributed by atoms with van der Waals surface area (Å²) in [6, 6.07) is 16.8. The smallest absolute Gasteiger partial charge is 0.261 e. The molecule has 0 aliphatic heterocycles. The van der Waals surface area contributed by atoms with E-state index < -0.39 is 15.9 Å². The molecule has 0 atom stereocenters. The van der Waals surface area contributed by atoms with Crippen molar-refractivity contribution in [2.45, 2.75) is 25.7 Å². The number of carbonyl (C=O) groups excluding carboxylic acids is 1. The van der Waals surface area contributed by atoms with Gasteiger partial charge in [0.1, 0.15) is 0 Å². The minimum absolute atomic E-state index is 0.0133. The number of benzene rings is 3. The zero-order chi connectivity index (χ0) is 21.2. The summed E-state index contributed by atoms with van der Waals surface area (Å²) in [7, 11) is -3.85. The van der Waals surface area contributed by atoms with Crippen LogP contribution in [0.2, 0.25) is 5.02 Å². The Labute approximate surface area is 175 Å². The molecule has 150 valence electrons. The maximum absolute atomic E-state index is 12.8. The molecule has 1 amide bonds. The van der Waals surface area contributed by atoms with Gasteiger partial charge in [-0.1, -0.05) is 41.9 Å². The lowest BCUT2D eigenvalue weighted by Crippen LogP contribution is -2.17. The summed E-state index contributed by atoms with van der Waals surface area (Å²) < 4.78 is 28.3. The van der Waals surface area contributed by atoms with Gasteiger partial charge in [-0.25, -0.2) is 8.42 Å². The van der Waals surface area contributed by atoms with Gasteiger partial charge in [-0.05, 0) is 67.8 Å². The SMILES string of the molecule is Cc1ccc(Cl)cc1NC(=O)c1cc(S(=O)(=O)Nc2ccccc2C)ccc1C. The van der Waals surface area contributed by atoms with E-state index in [9.17, 15) is 13.2 Å². The third-order valence-corrected chi connectivity index (χ3v) is 6.20. The van der Waals surface area contributed by atoms with Crippen molar-refractivity contribution in [3.8, 4) is 0 Å². The van der Waals surface area contributed by atoms with Crippen molar-refractivity contribution in [1.82, 2.24) is 0 Å². The second-order valence-corrected chi connectivity index (χ2v) is 8.93. The van der Waals surface area contributed by atoms with Crippen molar-refractivity contribution in [2.24, 2.45) is 0 Å². The fourth-order valence-electron chi connectivity index (χ4n) is 2.82. The molecule has 0 bridgehead atoms. The third kappa shape index (κ3) is 4.78. The topological polar surface area (TPSA) is 75.3 Å². The summed E-state index contributed by atoms with van der Waals surface area (Å²) in [6.07, 6.45) is 0. The Morgan fingerprint density at radius 2 is 1.48 bits per heavy atom. The highest BCUT2D eigenvalue weighted by Crippen LogP contribution is 2.24. The molecule has 3 aromatic rings. The van der Waals surface area contributed by atoms with E-state index in [1.165, 1.54) is 12.1 Å². The fraction of sp³-hybridized carbons (Fsp3) is 0.136. The molecule has 0 fully saturated rings. The first kappa shape index (κ1) is 20.9. The predicted molar refractivity (Wildman–Crippen MR) is 117 cm³/mol. The molecule has 3 rings (SSSR count). The van der Waals surface area contributed by atoms with E-state index in [0.717, 1.165) is 11.1 Å². The fourth-order valence-corrected chi connectivity index (χ4v) is 4.15. The first-order valence-corrected chi connectivity index (χ1v) is 10.8. The van der Waals surface area contributed by atoms with Crippen LogP contribution >= 0.6 is 11.6 Å². The van der Waals surface area contributed by atoms with Crippen LogP contribution in [0.15, 0.2) is 65.6 Å². The van der Waals surface area contributed by atoms with Crippen LogP contribution in [0.4, 0.5) is 11.4 Å². The number of halogens is 1. The van der Waals surface area contributed by atoms with Crippen molar-refractivity contribution in [2.75, 3.05) is 10.0 Å². The predicted octanol–water partition coefficient (Wildman–Crippen LogP) is 5.32. The molecule has 0 saturated heterocycles. The molecule has 0 radical (unpaired) electrons. The molecule has 5 nitrogen and oxygen atoms in total. The van der Waals surface area contributed by atoms with Crippen molar-refractivity contribution in [3.05, 3.63) is 87.9 Å². The van der Waals surface area contributed by atoms with Gasteiger partial charge >= 0.3 is 0 Å². The monoisotopic (exact) mass is 428 g/mol. The molecule has 0 saturated carbocycles. The molecule has 0 aliphatic carbocycles. The summed E-state index contributed by atoms with van der Waals surface area (Å²) in [5, 5.41) is 3.31. The lowest BCUT2D eigenvalue weighted by Gasteiger charge is -2.14. The molecule has 2 N–H and O–H groups in total. The first-order chi connectivity index (χ1) is 13.7. The quantitative estimate of drug-likeness (QED) is 0.577. The summed E-state index contributed by atoms with van der Waals surface area (Å²) >= 11 is 6.01. The van der Waals surface area contributed by atoms with Gasteiger partial charge in [-0.3, -0.25) is 9.52 Å². The van der Waals surface area contributed by atoms with E-state index in [2.05, 4.69) is 10.0 Å². The lowest BCUT2D eigenvalue weighted by atomic mass is 10.1. The van der Waals surface area contributed by atoms with Crippen LogP contribution < -0.4 is 10.0 Å². The molecule has 7 heteroatoms. The van der Waals surface area contributed by atoms with E-state index in [1.807, 2.05) is 26.0 Å². The summed E-state index contributed by atoms with van der Waals surface area (Å²) in [4.78, 5) is 12.8. The van der Waals surface area contributed by atoms with Gasteiger partial charge in [-0.2, -0.15) is 0 Å². The Morgan fingerprint density at radius 1 is 0.828 bits per heavy atom. The number of anilines is 2. The highest BCUT2D eigenvalue weighted by molar-refractivity contribution is 7.92. The number of hydrogen-bond donors (Lipinski definition) is 2. The van der Waals surface area contributed by atoms with Gasteiger partial charge in [0, 0.05) is 16.3 Å². The van der Waals surface area contributed by atoms with Gasteiger partial charge in [0.05, 0.1) is 10.6 Å². The van der Waals surface area contributed by atoms with Gasteiger partial charge in [0.15, 0.2) is 0 Å². The van der Waals surface area contributed by atoms with E-state index in [4.69, 9.17) is 11.6 Å². The summed E-state index contributed by atoms with van der Waals surface area (Å²) in [5.74, 6) is -0.402. The van der Waals surface area contributed by atoms with E-state index in [1.54, 1.807) is 43.3 Å². The average Bonchev–Trinajstić information content (AvgIpc) is 2.66. The molecular formula is C22H21ClN2O3S. The van der Waals surface area contributed by atoms with Gasteiger partial charge in [0.25, 0.3) is 15.9 Å². The molecule has 0 aliphatic rings. The number of aryl methyl sites for hydroxylation is 3. The van der Waals surface area contributed by atoms with Crippen molar-refractivity contribution in [1.29, 1.82) is 0 Å². The van der Waals surface area contributed by atoms with Crippen LogP contribution in [-0.2, 0) is 10.0 Å². The summed E-state index contributed by atoms with van der Waals surface area (Å²) in [6.45, 7) is 5.43. The van der Waals surface area contributed by atoms with Crippen LogP contribution in [0.5, 0.6) is 0 Å². The molecule has 0 heterocycles. The van der Waals surface area contributed by atoms with Crippen LogP contribution in [-0.4, -0.2) is 14.3 Å². The molecule has 29 heavy (non-hydrogen) atoms. The largest absolute Gasteiger partial charge is 0.322 e. The number of nitrogens with one attached hydrogen (secondary N) is 2. The third-order valence-electron chi connectivity index (χ3n) is 4.60. The Balaban J connectivity index is 1.92. The number of sulfonamides is 1. The molecule has 0 aromatic heterocycles. The molecular weight excluding hydrogens is 408 g/mol. The molecule has 0 unspecified atom stereocenters. The highest BCUT2D eigenvalue weighted by atomic mass is 35.5. The Bertz CT molecular complexity index is 1190. The minimum Gasteiger partial charge on any atom is -0.322 e. The number of para-hydroxylation sites is 1. The zero-order valence-corrected chi connectivity index (χ0v) is 17.9. The standard InChI is InChI=1S/C22H21ClN2O3S/c1-14-9-11-18(29(27,28)25-20-7-5-4-6-15(20)2)13-19(14)22(26)24-21-12-17(23)10-8-16(21)3/h4-13,25H,1-3H3,(H,24,26). The number of hydrogen-bond acceptors (Lipinski definition) is 3. The molecule has 3 aromatic carbocycles. The maximum atomic E-state index is 12.8. The summed E-state index contributed by atoms with van der Waals surface area (Å²) in [5.41, 5.74) is 3.67. The van der Waals surface area contributed by atoms with Crippen LogP contribution in [0, 0.1) is 20.8 Å². The normalized spacial score (nSPS) is 11.2. The zero-order valence-electron chi connectivity index (χ0n) is 16.3. The van der Waals surface area contributed by atoms with Crippen LogP contribution in [0.25, 0.3) is 0 Å². The molecule has 0 spiro atoms. The first-order valence-electron chi connectivity index (χ1n) is 8.94. The Morgan fingerprint density at radius 3 is 2.21 bits per heavy atom. The number of rotatable bonds is 5. The number of amides is 1. The number of carbonyl (C=O) groups is 1. The van der Waals surface area contributed by atoms with E-state index in [0.29, 0.717) is 22.0 Å². The van der Waals surface area contributed by atoms with E-state index >= 15 is 0 Å². The average molecular weight is 429 g/mol. The van der Waals surface area contributed by atoms with Crippen molar-refractivity contribution in [3.63, 3.8) is 0 Å². The minimum atomic E-state index is -3.85. The highest BCUT2D eigenvalue weighted by Gasteiger charge is 2.19. The maximum Gasteiger partial charge on any atom is 0.261 e. The van der Waals surface area contributed by atoms with Gasteiger partial charge in [0.2, 0.25) is 0 Å². The Hall–Kier alpha value is -2.83. The lowest BCUT2D eigenvalue weighted by molar-refractivity contribution is 0.102. The van der Waals surface area contributed by atoms with Crippen molar-refractivity contribution >= 4 is 38.9 Å². The van der Waals surface area contributed by atoms with E-state index in [-0.39, 0.29) is 10.5 Å².